The van der Waals surface area contributed by atoms with Crippen molar-refractivity contribution in [3.05, 3.63) is 163 Å². The Kier molecular flexibility index (Phi) is 10.8. The van der Waals surface area contributed by atoms with Crippen LogP contribution in [0.3, 0.4) is 0 Å². The maximum Gasteiger partial charge on any atom is 0.270 e. The molecule has 0 spiro atoms. The number of hydrogen-bond donors (Lipinski definition) is 0. The van der Waals surface area contributed by atoms with E-state index in [0.717, 1.165) is 71.0 Å². The number of nitro groups is 2. The third kappa shape index (κ3) is 7.59. The molecule has 4 aromatic carbocycles. The standard InChI is InChI=1S/C45H51N4O4/c1-32(2)24-26-46-40-22-20-36(48(50)51)28-38(40)44(5,6)42(46)18-13-19-43-45(30-34-14-9-7-10-15-34,31-35-16-11-8-12-17-35)39-29-37(49(52)53)21-23-41(39)47(43)27-25-33(3)4/h7-23,28-29,32-33H,24-27,30-31H2,1-6H3/q+1. The van der Waals surface area contributed by atoms with Crippen molar-refractivity contribution in [3.8, 4) is 0 Å². The van der Waals surface area contributed by atoms with Crippen LogP contribution in [-0.4, -0.2) is 33.2 Å². The summed E-state index contributed by atoms with van der Waals surface area (Å²) in [6, 6.07) is 31.5. The third-order valence-corrected chi connectivity index (χ3v) is 10.9. The Morgan fingerprint density at radius 3 is 1.83 bits per heavy atom. The van der Waals surface area contributed by atoms with Crippen LogP contribution in [0.5, 0.6) is 0 Å². The van der Waals surface area contributed by atoms with Gasteiger partial charge in [-0.3, -0.25) is 20.2 Å². The van der Waals surface area contributed by atoms with Gasteiger partial charge in [-0.2, -0.15) is 4.58 Å². The van der Waals surface area contributed by atoms with Crippen LogP contribution in [-0.2, 0) is 23.7 Å². The van der Waals surface area contributed by atoms with E-state index in [1.54, 1.807) is 24.3 Å². The average molecular weight is 712 g/mol. The van der Waals surface area contributed by atoms with E-state index in [1.807, 2.05) is 24.3 Å². The highest BCUT2D eigenvalue weighted by Gasteiger charge is 2.52. The molecule has 2 aliphatic rings. The normalized spacial score (nSPS) is 16.6. The van der Waals surface area contributed by atoms with Gasteiger partial charge >= 0.3 is 0 Å². The Morgan fingerprint density at radius 2 is 1.28 bits per heavy atom. The van der Waals surface area contributed by atoms with Gasteiger partial charge in [0.05, 0.1) is 15.3 Å². The number of hydrogen-bond acceptors (Lipinski definition) is 5. The molecule has 0 fully saturated rings. The summed E-state index contributed by atoms with van der Waals surface area (Å²) in [5.41, 5.74) is 7.54. The lowest BCUT2D eigenvalue weighted by molar-refractivity contribution is -0.439. The number of non-ortho nitro benzene ring substituents is 2. The Morgan fingerprint density at radius 1 is 0.736 bits per heavy atom. The molecule has 0 amide bonds. The summed E-state index contributed by atoms with van der Waals surface area (Å²) in [5.74, 6) is 0.943. The molecule has 0 radical (unpaired) electrons. The van der Waals surface area contributed by atoms with Gasteiger partial charge in [-0.25, -0.2) is 0 Å². The zero-order chi connectivity index (χ0) is 37.9. The van der Waals surface area contributed by atoms with Crippen LogP contribution in [0.2, 0.25) is 0 Å². The second kappa shape index (κ2) is 15.3. The van der Waals surface area contributed by atoms with E-state index in [1.165, 1.54) is 0 Å². The van der Waals surface area contributed by atoms with Crippen LogP contribution >= 0.6 is 0 Å². The van der Waals surface area contributed by atoms with Crippen molar-refractivity contribution < 1.29 is 14.4 Å². The molecule has 8 heteroatoms. The van der Waals surface area contributed by atoms with Gasteiger partial charge in [0.1, 0.15) is 6.54 Å². The lowest BCUT2D eigenvalue weighted by atomic mass is 9.69. The summed E-state index contributed by atoms with van der Waals surface area (Å²) in [4.78, 5) is 25.8. The van der Waals surface area contributed by atoms with Crippen molar-refractivity contribution in [2.75, 3.05) is 18.0 Å². The number of benzene rings is 4. The van der Waals surface area contributed by atoms with Gasteiger partial charge in [-0.15, -0.1) is 0 Å². The summed E-state index contributed by atoms with van der Waals surface area (Å²) in [7, 11) is 0. The Hall–Kier alpha value is -5.37. The monoisotopic (exact) mass is 711 g/mol. The smallest absolute Gasteiger partial charge is 0.270 e. The van der Waals surface area contributed by atoms with Crippen LogP contribution in [0.4, 0.5) is 22.7 Å². The topological polar surface area (TPSA) is 92.5 Å². The largest absolute Gasteiger partial charge is 0.344 e. The molecule has 2 aliphatic heterocycles. The minimum Gasteiger partial charge on any atom is -0.344 e. The van der Waals surface area contributed by atoms with Crippen molar-refractivity contribution in [2.45, 2.75) is 78.1 Å². The third-order valence-electron chi connectivity index (χ3n) is 10.9. The minimum atomic E-state index is -0.609. The SMILES string of the molecule is CC(C)CCN1/C(=C/C=C/C2=[N+](CCC(C)C)c3ccc([N+](=O)[O-])cc3C2(Cc2ccccc2)Cc2ccccc2)C(C)(C)c2cc([N+](=O)[O-])ccc21. The van der Waals surface area contributed by atoms with Gasteiger partial charge in [0.15, 0.2) is 5.71 Å². The average Bonchev–Trinajstić information content (AvgIpc) is 3.49. The molecule has 0 aliphatic carbocycles. The van der Waals surface area contributed by atoms with Crippen molar-refractivity contribution >= 4 is 28.5 Å². The van der Waals surface area contributed by atoms with E-state index in [9.17, 15) is 20.2 Å². The van der Waals surface area contributed by atoms with Gasteiger partial charge < -0.3 is 4.90 Å². The van der Waals surface area contributed by atoms with Crippen molar-refractivity contribution in [3.63, 3.8) is 0 Å². The number of nitrogens with zero attached hydrogens (tertiary/aromatic N) is 4. The molecule has 0 bridgehead atoms. The molecule has 0 aromatic heterocycles. The molecule has 0 saturated heterocycles. The summed E-state index contributed by atoms with van der Waals surface area (Å²) in [6.45, 7) is 14.7. The molecular weight excluding hydrogens is 661 g/mol. The second-order valence-corrected chi connectivity index (χ2v) is 15.9. The molecule has 0 saturated carbocycles. The number of nitro benzene ring substituents is 2. The number of allylic oxidation sites excluding steroid dienone is 4. The van der Waals surface area contributed by atoms with E-state index in [2.05, 4.69) is 118 Å². The van der Waals surface area contributed by atoms with Crippen LogP contribution in [0.15, 0.2) is 121 Å². The first-order valence-corrected chi connectivity index (χ1v) is 18.8. The predicted octanol–water partition coefficient (Wildman–Crippen LogP) is 10.7. The van der Waals surface area contributed by atoms with Crippen LogP contribution < -0.4 is 4.90 Å². The molecule has 0 atom stereocenters. The molecule has 6 rings (SSSR count). The first-order chi connectivity index (χ1) is 25.3. The van der Waals surface area contributed by atoms with E-state index < -0.39 is 10.8 Å². The molecule has 2 heterocycles. The number of anilines is 1. The lowest BCUT2D eigenvalue weighted by Gasteiger charge is -2.29. The van der Waals surface area contributed by atoms with E-state index in [-0.39, 0.29) is 21.2 Å². The zero-order valence-electron chi connectivity index (χ0n) is 31.8. The summed E-state index contributed by atoms with van der Waals surface area (Å²) >= 11 is 0. The lowest BCUT2D eigenvalue weighted by Crippen LogP contribution is -2.39. The van der Waals surface area contributed by atoms with E-state index in [4.69, 9.17) is 0 Å². The summed E-state index contributed by atoms with van der Waals surface area (Å²) in [5, 5.41) is 24.1. The molecule has 274 valence electrons. The maximum absolute atomic E-state index is 12.3. The van der Waals surface area contributed by atoms with Gasteiger partial charge in [-0.05, 0) is 59.9 Å². The molecule has 53 heavy (non-hydrogen) atoms. The van der Waals surface area contributed by atoms with Crippen LogP contribution in [0.25, 0.3) is 0 Å². The maximum atomic E-state index is 12.3. The fraction of sp³-hybridized carbons (Fsp3) is 0.356. The van der Waals surface area contributed by atoms with Crippen LogP contribution in [0, 0.1) is 32.1 Å². The molecular formula is C45H51N4O4+. The van der Waals surface area contributed by atoms with Gasteiger partial charge in [0.2, 0.25) is 5.69 Å². The first-order valence-electron chi connectivity index (χ1n) is 18.8. The Balaban J connectivity index is 1.56. The van der Waals surface area contributed by atoms with E-state index >= 15 is 0 Å². The molecule has 0 unspecified atom stereocenters. The first kappa shape index (κ1) is 37.4. The van der Waals surface area contributed by atoms with Crippen molar-refractivity contribution in [1.29, 1.82) is 0 Å². The van der Waals surface area contributed by atoms with Crippen molar-refractivity contribution in [1.82, 2.24) is 0 Å². The number of fused-ring (bicyclic) bond motifs is 2. The highest BCUT2D eigenvalue weighted by Crippen LogP contribution is 2.50. The van der Waals surface area contributed by atoms with Crippen LogP contribution in [0.1, 0.15) is 76.6 Å². The quantitative estimate of drug-likeness (QED) is 0.0737. The molecule has 0 N–H and O–H groups in total. The summed E-state index contributed by atoms with van der Waals surface area (Å²) < 4.78 is 2.40. The fourth-order valence-corrected chi connectivity index (χ4v) is 8.12. The molecule has 4 aromatic rings. The summed E-state index contributed by atoms with van der Waals surface area (Å²) in [6.07, 6.45) is 9.79. The number of rotatable bonds is 14. The van der Waals surface area contributed by atoms with Gasteiger partial charge in [0.25, 0.3) is 11.4 Å². The van der Waals surface area contributed by atoms with E-state index in [0.29, 0.717) is 24.7 Å². The highest BCUT2D eigenvalue weighted by atomic mass is 16.6. The highest BCUT2D eigenvalue weighted by molar-refractivity contribution is 6.04. The Bertz CT molecular complexity index is 2040. The predicted molar refractivity (Wildman–Crippen MR) is 214 cm³/mol. The minimum absolute atomic E-state index is 0.0887. The second-order valence-electron chi connectivity index (χ2n) is 15.9. The fourth-order valence-electron chi connectivity index (χ4n) is 8.12. The van der Waals surface area contributed by atoms with Crippen molar-refractivity contribution in [2.24, 2.45) is 11.8 Å². The van der Waals surface area contributed by atoms with Gasteiger partial charge in [-0.1, -0.05) is 108 Å². The Labute approximate surface area is 313 Å². The van der Waals surface area contributed by atoms with Gasteiger partial charge in [0, 0.05) is 71.7 Å². The molecule has 8 nitrogen and oxygen atoms in total. The zero-order valence-corrected chi connectivity index (χ0v) is 31.8.